The van der Waals surface area contributed by atoms with E-state index >= 15 is 0 Å². The first-order valence-corrected chi connectivity index (χ1v) is 13.3. The molecule has 1 heterocycles. The van der Waals surface area contributed by atoms with Crippen molar-refractivity contribution in [2.24, 2.45) is 0 Å². The minimum absolute atomic E-state index is 0.223. The van der Waals surface area contributed by atoms with E-state index in [1.807, 2.05) is 38.1 Å². The standard InChI is InChI=1S/C33H32O5/c1-3-21(34)19-36-23-13-15-29-31(17-23)38-32-18-24(37-20-22(35)4-2)14-16-30(32)33(29)27-11-7-5-9-25(27)26-10-6-8-12-28(26)33/h5-18,21-22,34-35H,3-4,19-20H2,1-2H3. The molecule has 0 fully saturated rings. The summed E-state index contributed by atoms with van der Waals surface area (Å²) in [6.45, 7) is 4.30. The van der Waals surface area contributed by atoms with Crippen LogP contribution in [0.4, 0.5) is 0 Å². The zero-order chi connectivity index (χ0) is 26.3. The average molecular weight is 509 g/mol. The van der Waals surface area contributed by atoms with Crippen molar-refractivity contribution in [3.05, 3.63) is 107 Å². The highest BCUT2D eigenvalue weighted by Gasteiger charge is 2.51. The third kappa shape index (κ3) is 3.85. The molecule has 194 valence electrons. The van der Waals surface area contributed by atoms with E-state index in [9.17, 15) is 10.2 Å². The summed E-state index contributed by atoms with van der Waals surface area (Å²) in [6.07, 6.45) is 0.207. The zero-order valence-electron chi connectivity index (χ0n) is 21.7. The molecule has 5 heteroatoms. The Morgan fingerprint density at radius 3 is 1.53 bits per heavy atom. The lowest BCUT2D eigenvalue weighted by molar-refractivity contribution is 0.104. The van der Waals surface area contributed by atoms with E-state index in [2.05, 4.69) is 60.7 Å². The average Bonchev–Trinajstić information content (AvgIpc) is 3.25. The molecule has 38 heavy (non-hydrogen) atoms. The van der Waals surface area contributed by atoms with Gasteiger partial charge in [-0.3, -0.25) is 0 Å². The van der Waals surface area contributed by atoms with Gasteiger partial charge in [0.2, 0.25) is 0 Å². The Morgan fingerprint density at radius 2 is 1.08 bits per heavy atom. The number of benzene rings is 4. The van der Waals surface area contributed by atoms with Crippen molar-refractivity contribution in [3.63, 3.8) is 0 Å². The first kappa shape index (κ1) is 24.5. The molecule has 4 aromatic carbocycles. The van der Waals surface area contributed by atoms with E-state index in [0.29, 0.717) is 35.8 Å². The van der Waals surface area contributed by atoms with E-state index in [1.165, 1.54) is 22.3 Å². The summed E-state index contributed by atoms with van der Waals surface area (Å²) in [4.78, 5) is 0. The molecule has 2 aliphatic rings. The Kier molecular flexibility index (Phi) is 6.34. The predicted molar refractivity (Wildman–Crippen MR) is 147 cm³/mol. The maximum Gasteiger partial charge on any atom is 0.135 e. The van der Waals surface area contributed by atoms with Crippen molar-refractivity contribution in [3.8, 4) is 34.1 Å². The first-order chi connectivity index (χ1) is 18.6. The lowest BCUT2D eigenvalue weighted by Gasteiger charge is -2.39. The maximum absolute atomic E-state index is 10.0. The molecule has 0 bridgehead atoms. The molecule has 6 rings (SSSR count). The Balaban J connectivity index is 1.54. The molecule has 2 unspecified atom stereocenters. The molecule has 0 saturated carbocycles. The fourth-order valence-corrected chi connectivity index (χ4v) is 5.67. The highest BCUT2D eigenvalue weighted by Crippen LogP contribution is 2.62. The van der Waals surface area contributed by atoms with Crippen LogP contribution in [0.15, 0.2) is 84.9 Å². The van der Waals surface area contributed by atoms with Gasteiger partial charge in [-0.15, -0.1) is 0 Å². The minimum atomic E-state index is -0.570. The molecule has 0 saturated heterocycles. The highest BCUT2D eigenvalue weighted by molar-refractivity contribution is 5.88. The van der Waals surface area contributed by atoms with Crippen molar-refractivity contribution in [2.45, 2.75) is 44.3 Å². The van der Waals surface area contributed by atoms with Crippen molar-refractivity contribution in [1.29, 1.82) is 0 Å². The van der Waals surface area contributed by atoms with Crippen molar-refractivity contribution < 1.29 is 24.4 Å². The molecule has 5 nitrogen and oxygen atoms in total. The molecule has 0 radical (unpaired) electrons. The van der Waals surface area contributed by atoms with E-state index in [1.54, 1.807) is 0 Å². The molecule has 0 aromatic heterocycles. The second kappa shape index (κ2) is 9.82. The fraction of sp³-hybridized carbons (Fsp3) is 0.273. The van der Waals surface area contributed by atoms with Gasteiger partial charge in [0.05, 0.1) is 17.6 Å². The van der Waals surface area contributed by atoms with E-state index in [0.717, 1.165) is 11.1 Å². The van der Waals surface area contributed by atoms with Crippen LogP contribution in [0, 0.1) is 0 Å². The second-order valence-corrected chi connectivity index (χ2v) is 10.0. The monoisotopic (exact) mass is 508 g/mol. The number of rotatable bonds is 8. The van der Waals surface area contributed by atoms with E-state index < -0.39 is 17.6 Å². The van der Waals surface area contributed by atoms with Gasteiger partial charge in [0.25, 0.3) is 0 Å². The molecule has 0 amide bonds. The Hall–Kier alpha value is -3.80. The molecule has 2 N–H and O–H groups in total. The topological polar surface area (TPSA) is 68.2 Å². The lowest BCUT2D eigenvalue weighted by atomic mass is 9.66. The van der Waals surface area contributed by atoms with Gasteiger partial charge in [-0.05, 0) is 47.2 Å². The largest absolute Gasteiger partial charge is 0.491 e. The van der Waals surface area contributed by atoms with E-state index in [4.69, 9.17) is 14.2 Å². The molecule has 2 atom stereocenters. The summed E-state index contributed by atoms with van der Waals surface area (Å²) in [7, 11) is 0. The molecular weight excluding hydrogens is 476 g/mol. The van der Waals surface area contributed by atoms with Gasteiger partial charge in [0.15, 0.2) is 0 Å². The van der Waals surface area contributed by atoms with Crippen molar-refractivity contribution in [2.75, 3.05) is 13.2 Å². The number of hydrogen-bond acceptors (Lipinski definition) is 5. The van der Waals surface area contributed by atoms with Crippen LogP contribution in [0.25, 0.3) is 11.1 Å². The van der Waals surface area contributed by atoms with Gasteiger partial charge in [-0.2, -0.15) is 0 Å². The Bertz CT molecular complexity index is 1370. The fourth-order valence-electron chi connectivity index (χ4n) is 5.67. The van der Waals surface area contributed by atoms with Gasteiger partial charge in [-0.1, -0.05) is 74.5 Å². The van der Waals surface area contributed by atoms with Crippen molar-refractivity contribution in [1.82, 2.24) is 0 Å². The maximum atomic E-state index is 10.0. The summed E-state index contributed by atoms with van der Waals surface area (Å²) in [5, 5.41) is 20.0. The smallest absolute Gasteiger partial charge is 0.135 e. The minimum Gasteiger partial charge on any atom is -0.491 e. The predicted octanol–water partition coefficient (Wildman–Crippen LogP) is 6.45. The summed E-state index contributed by atoms with van der Waals surface area (Å²) in [6, 6.07) is 29.1. The summed E-state index contributed by atoms with van der Waals surface area (Å²) < 4.78 is 18.4. The van der Waals surface area contributed by atoms with Crippen LogP contribution in [0.2, 0.25) is 0 Å². The van der Waals surface area contributed by atoms with Gasteiger partial charge in [0, 0.05) is 23.3 Å². The molecule has 4 aromatic rings. The third-order valence-electron chi connectivity index (χ3n) is 7.71. The Labute approximate surface area is 223 Å². The van der Waals surface area contributed by atoms with Crippen LogP contribution in [-0.2, 0) is 5.41 Å². The van der Waals surface area contributed by atoms with Gasteiger partial charge < -0.3 is 24.4 Å². The quantitative estimate of drug-likeness (QED) is 0.247. The van der Waals surface area contributed by atoms with Crippen LogP contribution in [0.3, 0.4) is 0 Å². The summed E-state index contributed by atoms with van der Waals surface area (Å²) in [5.41, 5.74) is 6.34. The zero-order valence-corrected chi connectivity index (χ0v) is 21.7. The van der Waals surface area contributed by atoms with E-state index in [-0.39, 0.29) is 13.2 Å². The van der Waals surface area contributed by atoms with Gasteiger partial charge in [-0.25, -0.2) is 0 Å². The molecule has 1 aliphatic heterocycles. The second-order valence-electron chi connectivity index (χ2n) is 10.0. The van der Waals surface area contributed by atoms with Crippen LogP contribution < -0.4 is 14.2 Å². The van der Waals surface area contributed by atoms with Gasteiger partial charge >= 0.3 is 0 Å². The SMILES string of the molecule is CCC(O)COc1ccc2c(c1)Oc1cc(OCC(O)CC)ccc1C21c2ccccc2-c2ccccc21. The Morgan fingerprint density at radius 1 is 0.632 bits per heavy atom. The lowest BCUT2D eigenvalue weighted by Crippen LogP contribution is -2.32. The number of aliphatic hydroxyl groups excluding tert-OH is 2. The number of ether oxygens (including phenoxy) is 3. The summed E-state index contributed by atoms with van der Waals surface area (Å²) >= 11 is 0. The number of aliphatic hydroxyl groups is 2. The van der Waals surface area contributed by atoms with Crippen LogP contribution in [0.5, 0.6) is 23.0 Å². The normalized spacial score (nSPS) is 15.5. The van der Waals surface area contributed by atoms with Crippen molar-refractivity contribution >= 4 is 0 Å². The van der Waals surface area contributed by atoms with Gasteiger partial charge in [0.1, 0.15) is 36.2 Å². The van der Waals surface area contributed by atoms with Crippen LogP contribution in [-0.4, -0.2) is 35.6 Å². The first-order valence-electron chi connectivity index (χ1n) is 13.3. The number of hydrogen-bond donors (Lipinski definition) is 2. The van der Waals surface area contributed by atoms with Crippen LogP contribution in [0.1, 0.15) is 48.9 Å². The van der Waals surface area contributed by atoms with Crippen LogP contribution >= 0.6 is 0 Å². The molecule has 1 spiro atoms. The summed E-state index contributed by atoms with van der Waals surface area (Å²) in [5.74, 6) is 2.71. The number of fused-ring (bicyclic) bond motifs is 9. The molecule has 1 aliphatic carbocycles. The third-order valence-corrected chi connectivity index (χ3v) is 7.71. The highest BCUT2D eigenvalue weighted by atomic mass is 16.5. The molecular formula is C33H32O5.